The first-order valence-corrected chi connectivity index (χ1v) is 4.83. The molecule has 0 saturated carbocycles. The molecule has 1 aromatic rings. The Morgan fingerprint density at radius 2 is 2.20 bits per heavy atom. The number of hydrogen-bond donors (Lipinski definition) is 0. The van der Waals surface area contributed by atoms with Gasteiger partial charge in [0.15, 0.2) is 0 Å². The molecule has 15 heavy (non-hydrogen) atoms. The summed E-state index contributed by atoms with van der Waals surface area (Å²) in [5.41, 5.74) is 0.862. The van der Waals surface area contributed by atoms with Crippen molar-refractivity contribution in [1.29, 1.82) is 0 Å². The molecule has 1 amide bonds. The van der Waals surface area contributed by atoms with Gasteiger partial charge in [-0.1, -0.05) is 18.2 Å². The third kappa shape index (κ3) is 2.10. The molecule has 1 fully saturated rings. The number of carbonyl (C=O) groups is 1. The largest absolute Gasteiger partial charge is 0.441 e. The normalized spacial score (nSPS) is 20.5. The molecule has 1 heterocycles. The molecule has 0 aliphatic carbocycles. The average Bonchev–Trinajstić information content (AvgIpc) is 2.61. The number of cyclic esters (lactones) is 1. The maximum atomic E-state index is 11.5. The van der Waals surface area contributed by atoms with Crippen LogP contribution < -0.4 is 4.90 Å². The Hall–Kier alpha value is -1.55. The van der Waals surface area contributed by atoms with E-state index in [4.69, 9.17) is 9.47 Å². The molecule has 2 rings (SSSR count). The van der Waals surface area contributed by atoms with Crippen molar-refractivity contribution in [2.45, 2.75) is 6.10 Å². The monoisotopic (exact) mass is 207 g/mol. The third-order valence-electron chi connectivity index (χ3n) is 2.29. The summed E-state index contributed by atoms with van der Waals surface area (Å²) in [5, 5.41) is 0. The minimum absolute atomic E-state index is 0.164. The van der Waals surface area contributed by atoms with Gasteiger partial charge in [-0.05, 0) is 12.1 Å². The third-order valence-corrected chi connectivity index (χ3v) is 2.29. The Balaban J connectivity index is 2.09. The fourth-order valence-corrected chi connectivity index (χ4v) is 1.61. The predicted molar refractivity (Wildman–Crippen MR) is 55.9 cm³/mol. The van der Waals surface area contributed by atoms with Crippen molar-refractivity contribution in [3.05, 3.63) is 30.3 Å². The Morgan fingerprint density at radius 1 is 1.47 bits per heavy atom. The molecular weight excluding hydrogens is 194 g/mol. The van der Waals surface area contributed by atoms with Gasteiger partial charge in [0.05, 0.1) is 13.2 Å². The van der Waals surface area contributed by atoms with Crippen molar-refractivity contribution in [3.63, 3.8) is 0 Å². The van der Waals surface area contributed by atoms with E-state index in [-0.39, 0.29) is 12.2 Å². The quantitative estimate of drug-likeness (QED) is 0.756. The molecule has 0 radical (unpaired) electrons. The number of amides is 1. The van der Waals surface area contributed by atoms with Gasteiger partial charge in [0.2, 0.25) is 0 Å². The summed E-state index contributed by atoms with van der Waals surface area (Å²) in [6.45, 7) is 0.992. The van der Waals surface area contributed by atoms with Crippen molar-refractivity contribution >= 4 is 11.8 Å². The fourth-order valence-electron chi connectivity index (χ4n) is 1.61. The second kappa shape index (κ2) is 4.31. The lowest BCUT2D eigenvalue weighted by Gasteiger charge is -2.12. The molecule has 0 spiro atoms. The van der Waals surface area contributed by atoms with Crippen LogP contribution in [-0.4, -0.2) is 32.5 Å². The van der Waals surface area contributed by atoms with Crippen LogP contribution in [0.25, 0.3) is 0 Å². The minimum Gasteiger partial charge on any atom is -0.441 e. The summed E-state index contributed by atoms with van der Waals surface area (Å²) in [7, 11) is 1.60. The van der Waals surface area contributed by atoms with Crippen LogP contribution in [0, 0.1) is 0 Å². The first-order chi connectivity index (χ1) is 7.31. The zero-order valence-corrected chi connectivity index (χ0v) is 8.55. The number of methoxy groups -OCH3 is 1. The number of benzene rings is 1. The lowest BCUT2D eigenvalue weighted by molar-refractivity contribution is 0.0718. The van der Waals surface area contributed by atoms with Crippen LogP contribution in [0.5, 0.6) is 0 Å². The molecule has 1 saturated heterocycles. The lowest BCUT2D eigenvalue weighted by atomic mass is 10.3. The molecule has 1 atom stereocenters. The molecule has 1 aromatic carbocycles. The van der Waals surface area contributed by atoms with Crippen molar-refractivity contribution in [2.75, 3.05) is 25.2 Å². The van der Waals surface area contributed by atoms with Crippen LogP contribution in [0.4, 0.5) is 10.5 Å². The van der Waals surface area contributed by atoms with E-state index in [1.54, 1.807) is 12.0 Å². The summed E-state index contributed by atoms with van der Waals surface area (Å²) < 4.78 is 10.1. The number of rotatable bonds is 3. The van der Waals surface area contributed by atoms with E-state index in [9.17, 15) is 4.79 Å². The van der Waals surface area contributed by atoms with Crippen molar-refractivity contribution in [1.82, 2.24) is 0 Å². The predicted octanol–water partition coefficient (Wildman–Crippen LogP) is 1.66. The van der Waals surface area contributed by atoms with Gasteiger partial charge < -0.3 is 9.47 Å². The molecule has 4 heteroatoms. The first kappa shape index (κ1) is 9.98. The highest BCUT2D eigenvalue weighted by Gasteiger charge is 2.31. The Bertz CT molecular complexity index is 339. The summed E-state index contributed by atoms with van der Waals surface area (Å²) in [4.78, 5) is 13.1. The minimum atomic E-state index is -0.303. The van der Waals surface area contributed by atoms with Gasteiger partial charge >= 0.3 is 6.09 Å². The molecule has 0 aromatic heterocycles. The van der Waals surface area contributed by atoms with E-state index in [1.165, 1.54) is 0 Å². The fraction of sp³-hybridized carbons (Fsp3) is 0.364. The SMILES string of the molecule is COC[C@@H]1CN(c2ccccc2)C(=O)O1. The standard InChI is InChI=1S/C11H13NO3/c1-14-8-10-7-12(11(13)15-10)9-5-3-2-4-6-9/h2-6,10H,7-8H2,1H3/t10-/m0/s1. The van der Waals surface area contributed by atoms with E-state index in [1.807, 2.05) is 30.3 Å². The zero-order chi connectivity index (χ0) is 10.7. The van der Waals surface area contributed by atoms with Gasteiger partial charge in [0.25, 0.3) is 0 Å². The number of carbonyl (C=O) groups excluding carboxylic acids is 1. The van der Waals surface area contributed by atoms with Crippen LogP contribution in [-0.2, 0) is 9.47 Å². The highest BCUT2D eigenvalue weighted by Crippen LogP contribution is 2.20. The molecule has 1 aliphatic rings. The highest BCUT2D eigenvalue weighted by molar-refractivity contribution is 5.89. The van der Waals surface area contributed by atoms with E-state index < -0.39 is 0 Å². The second-order valence-electron chi connectivity index (χ2n) is 3.41. The number of nitrogens with zero attached hydrogens (tertiary/aromatic N) is 1. The van der Waals surface area contributed by atoms with Crippen LogP contribution >= 0.6 is 0 Å². The Labute approximate surface area is 88.4 Å². The number of anilines is 1. The summed E-state index contributed by atoms with van der Waals surface area (Å²) >= 11 is 0. The van der Waals surface area contributed by atoms with Crippen molar-refractivity contribution < 1.29 is 14.3 Å². The Kier molecular flexibility index (Phi) is 2.87. The van der Waals surface area contributed by atoms with Crippen molar-refractivity contribution in [3.8, 4) is 0 Å². The molecule has 80 valence electrons. The van der Waals surface area contributed by atoms with E-state index in [0.29, 0.717) is 13.2 Å². The number of para-hydroxylation sites is 1. The molecule has 1 aliphatic heterocycles. The van der Waals surface area contributed by atoms with Gasteiger partial charge in [0, 0.05) is 12.8 Å². The van der Waals surface area contributed by atoms with Crippen LogP contribution in [0.1, 0.15) is 0 Å². The molecule has 0 N–H and O–H groups in total. The molecular formula is C11H13NO3. The maximum Gasteiger partial charge on any atom is 0.414 e. The average molecular weight is 207 g/mol. The second-order valence-corrected chi connectivity index (χ2v) is 3.41. The maximum absolute atomic E-state index is 11.5. The Morgan fingerprint density at radius 3 is 2.87 bits per heavy atom. The van der Waals surface area contributed by atoms with Crippen LogP contribution in [0.2, 0.25) is 0 Å². The smallest absolute Gasteiger partial charge is 0.414 e. The van der Waals surface area contributed by atoms with Crippen molar-refractivity contribution in [2.24, 2.45) is 0 Å². The molecule has 4 nitrogen and oxygen atoms in total. The van der Waals surface area contributed by atoms with Crippen LogP contribution in [0.15, 0.2) is 30.3 Å². The zero-order valence-electron chi connectivity index (χ0n) is 8.55. The van der Waals surface area contributed by atoms with Gasteiger partial charge in [-0.2, -0.15) is 0 Å². The van der Waals surface area contributed by atoms with Gasteiger partial charge in [-0.25, -0.2) is 4.79 Å². The van der Waals surface area contributed by atoms with Gasteiger partial charge in [-0.15, -0.1) is 0 Å². The van der Waals surface area contributed by atoms with Crippen LogP contribution in [0.3, 0.4) is 0 Å². The first-order valence-electron chi connectivity index (χ1n) is 4.83. The van der Waals surface area contributed by atoms with E-state index >= 15 is 0 Å². The molecule has 0 unspecified atom stereocenters. The number of ether oxygens (including phenoxy) is 2. The lowest BCUT2D eigenvalue weighted by Crippen LogP contribution is -2.25. The summed E-state index contributed by atoms with van der Waals surface area (Å²) in [6, 6.07) is 9.48. The summed E-state index contributed by atoms with van der Waals surface area (Å²) in [6.07, 6.45) is -0.467. The van der Waals surface area contributed by atoms with E-state index in [0.717, 1.165) is 5.69 Å². The summed E-state index contributed by atoms with van der Waals surface area (Å²) in [5.74, 6) is 0. The molecule has 0 bridgehead atoms. The number of hydrogen-bond acceptors (Lipinski definition) is 3. The topological polar surface area (TPSA) is 38.8 Å². The van der Waals surface area contributed by atoms with E-state index in [2.05, 4.69) is 0 Å². The van der Waals surface area contributed by atoms with Gasteiger partial charge in [0.1, 0.15) is 6.10 Å². The van der Waals surface area contributed by atoms with Gasteiger partial charge in [-0.3, -0.25) is 4.90 Å². The highest BCUT2D eigenvalue weighted by atomic mass is 16.6.